The van der Waals surface area contributed by atoms with Gasteiger partial charge in [0.1, 0.15) is 0 Å². The molecule has 0 saturated heterocycles. The predicted octanol–water partition coefficient (Wildman–Crippen LogP) is 0.520. The number of rotatable bonds is 5. The molecule has 0 heterocycles. The molecule has 0 aromatic rings. The van der Waals surface area contributed by atoms with Crippen LogP contribution in [0, 0.1) is 5.92 Å². The SMILES string of the molecule is CNC(=O)CCN(C)C(=O)C[C@@H]1CCC[C@H]1N.Cl. The summed E-state index contributed by atoms with van der Waals surface area (Å²) in [6.07, 6.45) is 4.08. The zero-order chi connectivity index (χ0) is 12.8. The predicted molar refractivity (Wildman–Crippen MR) is 73.5 cm³/mol. The lowest BCUT2D eigenvalue weighted by molar-refractivity contribution is -0.131. The van der Waals surface area contributed by atoms with Gasteiger partial charge in [0, 0.05) is 39.5 Å². The van der Waals surface area contributed by atoms with Crippen molar-refractivity contribution >= 4 is 24.2 Å². The first-order valence-electron chi connectivity index (χ1n) is 6.24. The molecule has 0 aromatic carbocycles. The van der Waals surface area contributed by atoms with Gasteiger partial charge in [0.25, 0.3) is 0 Å². The molecule has 1 fully saturated rings. The Labute approximate surface area is 115 Å². The van der Waals surface area contributed by atoms with Crippen molar-refractivity contribution in [1.82, 2.24) is 10.2 Å². The Morgan fingerprint density at radius 3 is 2.56 bits per heavy atom. The molecule has 0 bridgehead atoms. The van der Waals surface area contributed by atoms with Gasteiger partial charge in [-0.05, 0) is 18.8 Å². The molecule has 2 amide bonds. The third kappa shape index (κ3) is 5.23. The molecule has 0 aliphatic heterocycles. The molecule has 1 aliphatic carbocycles. The van der Waals surface area contributed by atoms with E-state index in [2.05, 4.69) is 5.32 Å². The van der Waals surface area contributed by atoms with Crippen LogP contribution in [-0.2, 0) is 9.59 Å². The molecule has 0 unspecified atom stereocenters. The zero-order valence-corrected chi connectivity index (χ0v) is 12.0. The van der Waals surface area contributed by atoms with E-state index in [1.807, 2.05) is 0 Å². The van der Waals surface area contributed by atoms with E-state index >= 15 is 0 Å². The highest BCUT2D eigenvalue weighted by atomic mass is 35.5. The van der Waals surface area contributed by atoms with Crippen molar-refractivity contribution in [2.75, 3.05) is 20.6 Å². The smallest absolute Gasteiger partial charge is 0.222 e. The second-order valence-corrected chi connectivity index (χ2v) is 4.80. The van der Waals surface area contributed by atoms with E-state index < -0.39 is 0 Å². The second-order valence-electron chi connectivity index (χ2n) is 4.80. The fourth-order valence-electron chi connectivity index (χ4n) is 2.22. The van der Waals surface area contributed by atoms with Gasteiger partial charge in [-0.15, -0.1) is 12.4 Å². The third-order valence-corrected chi connectivity index (χ3v) is 3.53. The molecule has 3 N–H and O–H groups in total. The van der Waals surface area contributed by atoms with Crippen molar-refractivity contribution in [3.05, 3.63) is 0 Å². The number of carbonyl (C=O) groups excluding carboxylic acids is 2. The monoisotopic (exact) mass is 277 g/mol. The minimum absolute atomic E-state index is 0. The molecule has 6 heteroatoms. The van der Waals surface area contributed by atoms with E-state index in [9.17, 15) is 9.59 Å². The molecule has 1 aliphatic rings. The minimum Gasteiger partial charge on any atom is -0.359 e. The first-order chi connectivity index (χ1) is 8.04. The van der Waals surface area contributed by atoms with Crippen molar-refractivity contribution in [1.29, 1.82) is 0 Å². The van der Waals surface area contributed by atoms with Crippen LogP contribution in [0.1, 0.15) is 32.1 Å². The Kier molecular flexibility index (Phi) is 7.95. The summed E-state index contributed by atoms with van der Waals surface area (Å²) < 4.78 is 0. The molecule has 106 valence electrons. The highest BCUT2D eigenvalue weighted by Crippen LogP contribution is 2.27. The Bertz CT molecular complexity index is 286. The summed E-state index contributed by atoms with van der Waals surface area (Å²) in [5, 5.41) is 2.54. The highest BCUT2D eigenvalue weighted by molar-refractivity contribution is 5.85. The third-order valence-electron chi connectivity index (χ3n) is 3.53. The van der Waals surface area contributed by atoms with Crippen LogP contribution in [0.2, 0.25) is 0 Å². The Morgan fingerprint density at radius 1 is 1.39 bits per heavy atom. The average molecular weight is 278 g/mol. The quantitative estimate of drug-likeness (QED) is 0.769. The van der Waals surface area contributed by atoms with E-state index in [0.717, 1.165) is 19.3 Å². The summed E-state index contributed by atoms with van der Waals surface area (Å²) in [5.74, 6) is 0.378. The summed E-state index contributed by atoms with van der Waals surface area (Å²) in [4.78, 5) is 24.6. The van der Waals surface area contributed by atoms with Gasteiger partial charge in [-0.25, -0.2) is 0 Å². The van der Waals surface area contributed by atoms with E-state index in [1.165, 1.54) is 0 Å². The molecule has 0 radical (unpaired) electrons. The Balaban J connectivity index is 0.00000289. The molecule has 5 nitrogen and oxygen atoms in total. The van der Waals surface area contributed by atoms with E-state index in [-0.39, 0.29) is 30.3 Å². The van der Waals surface area contributed by atoms with Crippen molar-refractivity contribution in [2.24, 2.45) is 11.7 Å². The van der Waals surface area contributed by atoms with Crippen LogP contribution < -0.4 is 11.1 Å². The van der Waals surface area contributed by atoms with Crippen LogP contribution in [0.3, 0.4) is 0 Å². The second kappa shape index (κ2) is 8.32. The summed E-state index contributed by atoms with van der Waals surface area (Å²) in [7, 11) is 3.34. The highest BCUT2D eigenvalue weighted by Gasteiger charge is 2.27. The first-order valence-corrected chi connectivity index (χ1v) is 6.24. The van der Waals surface area contributed by atoms with E-state index in [1.54, 1.807) is 19.0 Å². The Hall–Kier alpha value is -0.810. The zero-order valence-electron chi connectivity index (χ0n) is 11.1. The maximum absolute atomic E-state index is 11.9. The lowest BCUT2D eigenvalue weighted by atomic mass is 9.99. The van der Waals surface area contributed by atoms with Crippen LogP contribution in [0.5, 0.6) is 0 Å². The number of nitrogens with two attached hydrogens (primary N) is 1. The van der Waals surface area contributed by atoms with Gasteiger partial charge in [-0.3, -0.25) is 9.59 Å². The van der Waals surface area contributed by atoms with Gasteiger partial charge in [-0.1, -0.05) is 6.42 Å². The van der Waals surface area contributed by atoms with Crippen molar-refractivity contribution in [3.8, 4) is 0 Å². The van der Waals surface area contributed by atoms with Gasteiger partial charge in [0.2, 0.25) is 11.8 Å². The molecule has 1 saturated carbocycles. The molecular weight excluding hydrogens is 254 g/mol. The van der Waals surface area contributed by atoms with Crippen LogP contribution >= 0.6 is 12.4 Å². The van der Waals surface area contributed by atoms with Crippen molar-refractivity contribution in [2.45, 2.75) is 38.1 Å². The fourth-order valence-corrected chi connectivity index (χ4v) is 2.22. The minimum atomic E-state index is -0.0396. The molecule has 0 spiro atoms. The number of nitrogens with zero attached hydrogens (tertiary/aromatic N) is 1. The molecule has 2 atom stereocenters. The average Bonchev–Trinajstić information content (AvgIpc) is 2.71. The normalized spacial score (nSPS) is 22.2. The lowest BCUT2D eigenvalue weighted by Gasteiger charge is -2.20. The topological polar surface area (TPSA) is 75.4 Å². The van der Waals surface area contributed by atoms with Crippen molar-refractivity contribution < 1.29 is 9.59 Å². The number of halogens is 1. The summed E-state index contributed by atoms with van der Waals surface area (Å²) in [6, 6.07) is 0.172. The molecule has 1 rings (SSSR count). The maximum Gasteiger partial charge on any atom is 0.222 e. The van der Waals surface area contributed by atoms with Gasteiger partial charge < -0.3 is 16.0 Å². The number of hydrogen-bond donors (Lipinski definition) is 2. The fraction of sp³-hybridized carbons (Fsp3) is 0.833. The largest absolute Gasteiger partial charge is 0.359 e. The number of carbonyl (C=O) groups is 2. The van der Waals surface area contributed by atoms with Crippen LogP contribution in [0.15, 0.2) is 0 Å². The van der Waals surface area contributed by atoms with Crippen LogP contribution in [-0.4, -0.2) is 43.4 Å². The number of nitrogens with one attached hydrogen (secondary N) is 1. The lowest BCUT2D eigenvalue weighted by Crippen LogP contribution is -2.35. The van der Waals surface area contributed by atoms with Gasteiger partial charge in [-0.2, -0.15) is 0 Å². The molecular formula is C12H24ClN3O2. The number of amides is 2. The first kappa shape index (κ1) is 17.2. The maximum atomic E-state index is 11.9. The van der Waals surface area contributed by atoms with Gasteiger partial charge >= 0.3 is 0 Å². The van der Waals surface area contributed by atoms with E-state index in [0.29, 0.717) is 25.3 Å². The summed E-state index contributed by atoms with van der Waals surface area (Å²) >= 11 is 0. The van der Waals surface area contributed by atoms with Crippen molar-refractivity contribution in [3.63, 3.8) is 0 Å². The van der Waals surface area contributed by atoms with Gasteiger partial charge in [0.15, 0.2) is 0 Å². The summed E-state index contributed by atoms with van der Waals surface area (Å²) in [5.41, 5.74) is 5.94. The van der Waals surface area contributed by atoms with Gasteiger partial charge in [0.05, 0.1) is 0 Å². The van der Waals surface area contributed by atoms with Crippen LogP contribution in [0.4, 0.5) is 0 Å². The van der Waals surface area contributed by atoms with Crippen LogP contribution in [0.25, 0.3) is 0 Å². The molecule has 0 aromatic heterocycles. The van der Waals surface area contributed by atoms with E-state index in [4.69, 9.17) is 5.73 Å². The summed E-state index contributed by atoms with van der Waals surface area (Å²) in [6.45, 7) is 0.473. The Morgan fingerprint density at radius 2 is 2.06 bits per heavy atom. The molecule has 18 heavy (non-hydrogen) atoms. The standard InChI is InChI=1S/C12H23N3O2.ClH/c1-14-11(16)6-7-15(2)12(17)8-9-4-3-5-10(9)13;/h9-10H,3-8,13H2,1-2H3,(H,14,16);1H/t9-,10+;/m0./s1. The number of hydrogen-bond acceptors (Lipinski definition) is 3.